The van der Waals surface area contributed by atoms with Crippen molar-refractivity contribution in [3.05, 3.63) is 55.9 Å². The summed E-state index contributed by atoms with van der Waals surface area (Å²) in [6.07, 6.45) is 1.85. The van der Waals surface area contributed by atoms with Gasteiger partial charge < -0.3 is 5.11 Å². The quantitative estimate of drug-likeness (QED) is 0.946. The third-order valence-electron chi connectivity index (χ3n) is 2.75. The molecule has 0 saturated carbocycles. The lowest BCUT2D eigenvalue weighted by Crippen LogP contribution is -2.24. The molecule has 2 rings (SSSR count). The summed E-state index contributed by atoms with van der Waals surface area (Å²) in [4.78, 5) is 23.0. The fourth-order valence-corrected chi connectivity index (χ4v) is 2.11. The van der Waals surface area contributed by atoms with Crippen LogP contribution in [0, 0.1) is 0 Å². The van der Waals surface area contributed by atoms with Gasteiger partial charge in [0.1, 0.15) is 0 Å². The van der Waals surface area contributed by atoms with Crippen LogP contribution in [0.1, 0.15) is 23.0 Å². The number of carboxylic acid groups (broad SMARTS) is 1. The molecule has 0 aliphatic heterocycles. The normalized spacial score (nSPS) is 10.6. The molecule has 1 aromatic carbocycles. The Bertz CT molecular complexity index is 741. The summed E-state index contributed by atoms with van der Waals surface area (Å²) in [5, 5.41) is 13.4. The molecule has 0 amide bonds. The average Bonchev–Trinajstić information content (AvgIpc) is 2.42. The lowest BCUT2D eigenvalue weighted by atomic mass is 10.2. The molecule has 0 unspecified atom stereocenters. The molecule has 0 atom stereocenters. The Kier molecular flexibility index (Phi) is 4.11. The number of hydrogen-bond acceptors (Lipinski definition) is 3. The van der Waals surface area contributed by atoms with Gasteiger partial charge in [-0.25, -0.2) is 9.48 Å². The lowest BCUT2D eigenvalue weighted by Gasteiger charge is -2.10. The number of aromatic nitrogens is 2. The van der Waals surface area contributed by atoms with E-state index in [2.05, 4.69) is 5.10 Å². The number of benzene rings is 1. The summed E-state index contributed by atoms with van der Waals surface area (Å²) in [6, 6.07) is 4.90. The van der Waals surface area contributed by atoms with Gasteiger partial charge in [0.25, 0.3) is 0 Å². The molecule has 20 heavy (non-hydrogen) atoms. The zero-order valence-electron chi connectivity index (χ0n) is 10.4. The van der Waals surface area contributed by atoms with Crippen LogP contribution in [0.15, 0.2) is 29.2 Å². The van der Waals surface area contributed by atoms with Gasteiger partial charge in [0.05, 0.1) is 15.7 Å². The van der Waals surface area contributed by atoms with Gasteiger partial charge in [-0.15, -0.1) is 0 Å². The van der Waals surface area contributed by atoms with Gasteiger partial charge in [0.2, 0.25) is 11.1 Å². The summed E-state index contributed by atoms with van der Waals surface area (Å²) < 4.78 is 1.26. The Morgan fingerprint density at radius 1 is 1.40 bits per heavy atom. The molecule has 0 radical (unpaired) electrons. The number of aryl methyl sites for hydroxylation is 1. The van der Waals surface area contributed by atoms with E-state index in [1.807, 2.05) is 0 Å². The van der Waals surface area contributed by atoms with E-state index in [1.165, 1.54) is 10.9 Å². The number of carboxylic acids is 1. The van der Waals surface area contributed by atoms with Gasteiger partial charge >= 0.3 is 5.97 Å². The van der Waals surface area contributed by atoms with Gasteiger partial charge in [-0.3, -0.25) is 4.79 Å². The number of carbonyl (C=O) groups is 1. The van der Waals surface area contributed by atoms with Crippen LogP contribution < -0.4 is 5.43 Å². The molecular weight excluding hydrogens is 303 g/mol. The smallest absolute Gasteiger partial charge is 0.360 e. The molecule has 0 aliphatic rings. The Hall–Kier alpha value is -1.85. The summed E-state index contributed by atoms with van der Waals surface area (Å²) in [5.74, 6) is -1.38. The molecule has 5 nitrogen and oxygen atoms in total. The van der Waals surface area contributed by atoms with Crippen LogP contribution in [0.5, 0.6) is 0 Å². The highest BCUT2D eigenvalue weighted by Crippen LogP contribution is 2.27. The number of halogens is 2. The fraction of sp³-hybridized carbons (Fsp3) is 0.154. The number of nitrogens with zero attached hydrogens (tertiary/aromatic N) is 2. The molecule has 2 aromatic rings. The van der Waals surface area contributed by atoms with Crippen molar-refractivity contribution < 1.29 is 9.90 Å². The minimum Gasteiger partial charge on any atom is -0.476 e. The van der Waals surface area contributed by atoms with Crippen LogP contribution in [-0.2, 0) is 6.42 Å². The molecule has 7 heteroatoms. The number of hydrogen-bond donors (Lipinski definition) is 1. The predicted molar refractivity (Wildman–Crippen MR) is 76.2 cm³/mol. The fourth-order valence-electron chi connectivity index (χ4n) is 1.72. The van der Waals surface area contributed by atoms with Crippen molar-refractivity contribution in [3.63, 3.8) is 0 Å². The second kappa shape index (κ2) is 5.64. The second-order valence-electron chi connectivity index (χ2n) is 4.01. The monoisotopic (exact) mass is 312 g/mol. The number of aromatic carboxylic acids is 1. The van der Waals surface area contributed by atoms with Crippen molar-refractivity contribution in [2.24, 2.45) is 0 Å². The van der Waals surface area contributed by atoms with Crippen LogP contribution in [0.3, 0.4) is 0 Å². The van der Waals surface area contributed by atoms with Crippen LogP contribution in [0.2, 0.25) is 10.0 Å². The first-order chi connectivity index (χ1) is 9.45. The molecule has 0 fully saturated rings. The Morgan fingerprint density at radius 2 is 2.10 bits per heavy atom. The van der Waals surface area contributed by atoms with Crippen LogP contribution >= 0.6 is 23.2 Å². The Balaban J connectivity index is 2.75. The second-order valence-corrected chi connectivity index (χ2v) is 4.79. The van der Waals surface area contributed by atoms with Crippen LogP contribution in [-0.4, -0.2) is 20.9 Å². The third-order valence-corrected chi connectivity index (χ3v) is 3.56. The summed E-state index contributed by atoms with van der Waals surface area (Å²) >= 11 is 12.0. The molecule has 1 aromatic heterocycles. The number of rotatable bonds is 3. The van der Waals surface area contributed by atoms with Gasteiger partial charge in [-0.2, -0.15) is 5.10 Å². The Morgan fingerprint density at radius 3 is 2.70 bits per heavy atom. The van der Waals surface area contributed by atoms with Crippen molar-refractivity contribution in [1.82, 2.24) is 9.78 Å². The summed E-state index contributed by atoms with van der Waals surface area (Å²) in [6.45, 7) is 1.76. The van der Waals surface area contributed by atoms with E-state index in [1.54, 1.807) is 25.1 Å². The predicted octanol–water partition coefficient (Wildman–Crippen LogP) is 2.80. The van der Waals surface area contributed by atoms with Crippen molar-refractivity contribution in [2.45, 2.75) is 13.3 Å². The molecule has 1 N–H and O–H groups in total. The highest BCUT2D eigenvalue weighted by atomic mass is 35.5. The minimum atomic E-state index is -1.38. The van der Waals surface area contributed by atoms with E-state index in [9.17, 15) is 9.59 Å². The zero-order chi connectivity index (χ0) is 14.9. The molecule has 0 aliphatic carbocycles. The molecule has 0 saturated heterocycles. The maximum atomic E-state index is 11.9. The first-order valence-corrected chi connectivity index (χ1v) is 6.51. The third kappa shape index (κ3) is 2.55. The molecular formula is C13H10Cl2N2O3. The van der Waals surface area contributed by atoms with Crippen molar-refractivity contribution in [2.75, 3.05) is 0 Å². The molecule has 1 heterocycles. The van der Waals surface area contributed by atoms with Crippen molar-refractivity contribution in [3.8, 4) is 5.69 Å². The zero-order valence-corrected chi connectivity index (χ0v) is 11.9. The maximum absolute atomic E-state index is 11.9. The van der Waals surface area contributed by atoms with Gasteiger partial charge in [0.15, 0.2) is 0 Å². The first-order valence-electron chi connectivity index (χ1n) is 5.76. The maximum Gasteiger partial charge on any atom is 0.360 e. The van der Waals surface area contributed by atoms with Crippen molar-refractivity contribution >= 4 is 29.2 Å². The summed E-state index contributed by atoms with van der Waals surface area (Å²) in [5.41, 5.74) is -0.375. The Labute approximate surface area is 124 Å². The van der Waals surface area contributed by atoms with Crippen molar-refractivity contribution in [1.29, 1.82) is 0 Å². The lowest BCUT2D eigenvalue weighted by molar-refractivity contribution is 0.0686. The molecule has 0 bridgehead atoms. The molecule has 104 valence electrons. The van der Waals surface area contributed by atoms with E-state index in [0.29, 0.717) is 22.7 Å². The SMILES string of the molecule is CCc1cn(-c2cccc(Cl)c2Cl)nc(C(=O)O)c1=O. The van der Waals surface area contributed by atoms with Gasteiger partial charge in [-0.05, 0) is 18.6 Å². The summed E-state index contributed by atoms with van der Waals surface area (Å²) in [7, 11) is 0. The minimum absolute atomic E-state index is 0.240. The van der Waals surface area contributed by atoms with E-state index < -0.39 is 17.1 Å². The van der Waals surface area contributed by atoms with E-state index >= 15 is 0 Å². The highest BCUT2D eigenvalue weighted by molar-refractivity contribution is 6.43. The van der Waals surface area contributed by atoms with E-state index in [-0.39, 0.29) is 5.02 Å². The van der Waals surface area contributed by atoms with Gasteiger partial charge in [0, 0.05) is 11.8 Å². The highest BCUT2D eigenvalue weighted by Gasteiger charge is 2.17. The average molecular weight is 313 g/mol. The van der Waals surface area contributed by atoms with Gasteiger partial charge in [-0.1, -0.05) is 36.2 Å². The molecule has 0 spiro atoms. The largest absolute Gasteiger partial charge is 0.476 e. The standard InChI is InChI=1S/C13H10Cl2N2O3/c1-2-7-6-17(16-11(12(7)18)13(19)20)9-5-3-4-8(14)10(9)15/h3-6H,2H2,1H3,(H,19,20). The topological polar surface area (TPSA) is 72.2 Å². The van der Waals surface area contributed by atoms with E-state index in [0.717, 1.165) is 0 Å². The first kappa shape index (κ1) is 14.6. The van der Waals surface area contributed by atoms with E-state index in [4.69, 9.17) is 28.3 Å². The van der Waals surface area contributed by atoms with Crippen LogP contribution in [0.25, 0.3) is 5.69 Å². The van der Waals surface area contributed by atoms with Crippen LogP contribution in [0.4, 0.5) is 0 Å².